The molecule has 180 valence electrons. The summed E-state index contributed by atoms with van der Waals surface area (Å²) in [5.41, 5.74) is 1.54. The first-order valence-electron chi connectivity index (χ1n) is 12.5. The lowest BCUT2D eigenvalue weighted by atomic mass is 9.54. The van der Waals surface area contributed by atoms with Crippen LogP contribution >= 0.6 is 0 Å². The minimum atomic E-state index is -1.84. The number of rotatable bonds is 6. The van der Waals surface area contributed by atoms with Crippen LogP contribution in [0, 0.1) is 23.2 Å². The molecule has 0 saturated heterocycles. The van der Waals surface area contributed by atoms with Gasteiger partial charge in [0.1, 0.15) is 0 Å². The zero-order chi connectivity index (χ0) is 24.2. The average Bonchev–Trinajstić information content (AvgIpc) is 3.09. The molecular formula is C28H40O4Si. The van der Waals surface area contributed by atoms with Crippen LogP contribution in [0.5, 0.6) is 0 Å². The standard InChI is InChI=1S/C28H40O4Si/c1-8-18-15-21-24-23(19-11-9-10-12-20(19)25(29)26(24)30)22(17-28(21,5)16-18)31-13-14-32-33(6,7)27(2,3)4/h8-12,18,21-24H,1,13-17H2,2-7H3/t18?,21?,22-,23+,24+,28-/m0/s1. The fourth-order valence-corrected chi connectivity index (χ4v) is 7.43. The average molecular weight is 469 g/mol. The number of fused-ring (bicyclic) bond motifs is 5. The zero-order valence-corrected chi connectivity index (χ0v) is 22.1. The number of ether oxygens (including phenoxy) is 1. The molecule has 5 heteroatoms. The van der Waals surface area contributed by atoms with E-state index < -0.39 is 8.32 Å². The Morgan fingerprint density at radius 1 is 1.12 bits per heavy atom. The van der Waals surface area contributed by atoms with Gasteiger partial charge in [-0.1, -0.05) is 58.0 Å². The molecular weight excluding hydrogens is 428 g/mol. The topological polar surface area (TPSA) is 52.6 Å². The number of carbonyl (C=O) groups excluding carboxylic acids is 2. The normalized spacial score (nSPS) is 33.9. The van der Waals surface area contributed by atoms with E-state index in [1.54, 1.807) is 6.07 Å². The van der Waals surface area contributed by atoms with E-state index in [-0.39, 0.29) is 45.9 Å². The number of hydrogen-bond acceptors (Lipinski definition) is 4. The fraction of sp³-hybridized carbons (Fsp3) is 0.643. The minimum absolute atomic E-state index is 0.0206. The van der Waals surface area contributed by atoms with Crippen molar-refractivity contribution < 1.29 is 18.8 Å². The number of allylic oxidation sites excluding steroid dienone is 1. The first-order chi connectivity index (χ1) is 15.4. The molecule has 0 aliphatic heterocycles. The molecule has 2 saturated carbocycles. The van der Waals surface area contributed by atoms with Crippen LogP contribution in [0.3, 0.4) is 0 Å². The lowest BCUT2D eigenvalue weighted by molar-refractivity contribution is -0.133. The number of ketones is 2. The highest BCUT2D eigenvalue weighted by molar-refractivity contribution is 6.74. The van der Waals surface area contributed by atoms with Crippen LogP contribution in [0.4, 0.5) is 0 Å². The van der Waals surface area contributed by atoms with Gasteiger partial charge in [-0.15, -0.1) is 6.58 Å². The molecule has 1 aromatic carbocycles. The van der Waals surface area contributed by atoms with E-state index >= 15 is 0 Å². The first kappa shape index (κ1) is 24.6. The van der Waals surface area contributed by atoms with Gasteiger partial charge in [0.15, 0.2) is 8.32 Å². The molecule has 0 N–H and O–H groups in total. The lowest BCUT2D eigenvalue weighted by Gasteiger charge is -2.51. The second kappa shape index (κ2) is 8.58. The summed E-state index contributed by atoms with van der Waals surface area (Å²) in [5, 5.41) is 0.155. The van der Waals surface area contributed by atoms with Crippen LogP contribution in [0.15, 0.2) is 36.9 Å². The van der Waals surface area contributed by atoms with Crippen molar-refractivity contribution in [3.05, 3.63) is 48.0 Å². The Morgan fingerprint density at radius 3 is 2.48 bits per heavy atom. The van der Waals surface area contributed by atoms with Gasteiger partial charge >= 0.3 is 0 Å². The molecule has 0 bridgehead atoms. The third-order valence-corrected chi connectivity index (χ3v) is 13.7. The molecule has 0 heterocycles. The predicted octanol–water partition coefficient (Wildman–Crippen LogP) is 6.18. The van der Waals surface area contributed by atoms with E-state index in [4.69, 9.17) is 9.16 Å². The molecule has 6 atom stereocenters. The summed E-state index contributed by atoms with van der Waals surface area (Å²) in [6.07, 6.45) is 4.78. The maximum absolute atomic E-state index is 13.5. The lowest BCUT2D eigenvalue weighted by Crippen LogP contribution is -2.53. The maximum atomic E-state index is 13.5. The molecule has 0 amide bonds. The fourth-order valence-electron chi connectivity index (χ4n) is 6.40. The summed E-state index contributed by atoms with van der Waals surface area (Å²) >= 11 is 0. The summed E-state index contributed by atoms with van der Waals surface area (Å²) in [6, 6.07) is 7.66. The highest BCUT2D eigenvalue weighted by Gasteiger charge is 2.60. The van der Waals surface area contributed by atoms with E-state index in [0.717, 1.165) is 24.8 Å². The van der Waals surface area contributed by atoms with E-state index in [9.17, 15) is 9.59 Å². The molecule has 2 fully saturated rings. The zero-order valence-electron chi connectivity index (χ0n) is 21.1. The van der Waals surface area contributed by atoms with Crippen molar-refractivity contribution in [3.63, 3.8) is 0 Å². The molecule has 0 spiro atoms. The Kier molecular flexibility index (Phi) is 6.39. The van der Waals surface area contributed by atoms with Crippen LogP contribution in [0.25, 0.3) is 0 Å². The number of Topliss-reactive ketones (excluding diaryl/α,β-unsaturated/α-hetero) is 2. The van der Waals surface area contributed by atoms with Gasteiger partial charge < -0.3 is 9.16 Å². The maximum Gasteiger partial charge on any atom is 0.229 e. The largest absolute Gasteiger partial charge is 0.414 e. The molecule has 4 nitrogen and oxygen atoms in total. The monoisotopic (exact) mass is 468 g/mol. The summed E-state index contributed by atoms with van der Waals surface area (Å²) in [5.74, 6) is -0.327. The van der Waals surface area contributed by atoms with Gasteiger partial charge in [0, 0.05) is 17.4 Å². The van der Waals surface area contributed by atoms with Crippen molar-refractivity contribution in [1.29, 1.82) is 0 Å². The van der Waals surface area contributed by atoms with E-state index in [1.165, 1.54) is 0 Å². The van der Waals surface area contributed by atoms with Gasteiger partial charge in [0.25, 0.3) is 0 Å². The molecule has 3 aliphatic rings. The number of benzene rings is 1. The van der Waals surface area contributed by atoms with Gasteiger partial charge in [-0.2, -0.15) is 0 Å². The second-order valence-corrected chi connectivity index (χ2v) is 17.1. The van der Waals surface area contributed by atoms with Crippen molar-refractivity contribution in [2.24, 2.45) is 23.2 Å². The number of carbonyl (C=O) groups is 2. The van der Waals surface area contributed by atoms with Gasteiger partial charge in [-0.3, -0.25) is 9.59 Å². The Balaban J connectivity index is 1.61. The molecule has 1 aromatic rings. The molecule has 33 heavy (non-hydrogen) atoms. The van der Waals surface area contributed by atoms with Crippen molar-refractivity contribution in [2.45, 2.75) is 77.1 Å². The van der Waals surface area contributed by atoms with Crippen LogP contribution in [0.1, 0.15) is 68.8 Å². The third-order valence-electron chi connectivity index (χ3n) is 9.18. The molecule has 4 rings (SSSR count). The van der Waals surface area contributed by atoms with Gasteiger partial charge in [-0.25, -0.2) is 0 Å². The predicted molar refractivity (Wildman–Crippen MR) is 134 cm³/mol. The van der Waals surface area contributed by atoms with Crippen LogP contribution in [-0.4, -0.2) is 39.2 Å². The second-order valence-electron chi connectivity index (χ2n) is 12.3. The quantitative estimate of drug-likeness (QED) is 0.216. The van der Waals surface area contributed by atoms with Gasteiger partial charge in [-0.05, 0) is 60.2 Å². The Morgan fingerprint density at radius 2 is 1.82 bits per heavy atom. The van der Waals surface area contributed by atoms with Crippen molar-refractivity contribution in [1.82, 2.24) is 0 Å². The molecule has 3 aliphatic carbocycles. The summed E-state index contributed by atoms with van der Waals surface area (Å²) in [7, 11) is -1.84. The summed E-state index contributed by atoms with van der Waals surface area (Å²) in [6.45, 7) is 18.6. The molecule has 0 aromatic heterocycles. The number of hydrogen-bond donors (Lipinski definition) is 0. The third kappa shape index (κ3) is 4.21. The molecule has 2 unspecified atom stereocenters. The SMILES string of the molecule is C=CC1CC2[C@H]3C(=O)C(=O)c4ccccc4[C@@H]3[C@@H](OCCO[Si](C)(C)C(C)(C)C)C[C@]2(C)C1. The van der Waals surface area contributed by atoms with Crippen molar-refractivity contribution >= 4 is 19.9 Å². The van der Waals surface area contributed by atoms with Crippen molar-refractivity contribution in [2.75, 3.05) is 13.2 Å². The highest BCUT2D eigenvalue weighted by Crippen LogP contribution is 2.62. The Bertz CT molecular complexity index is 945. The van der Waals surface area contributed by atoms with Gasteiger partial charge in [0.05, 0.1) is 19.3 Å². The van der Waals surface area contributed by atoms with Crippen LogP contribution in [-0.2, 0) is 14.0 Å². The van der Waals surface area contributed by atoms with Crippen LogP contribution in [0.2, 0.25) is 18.1 Å². The molecule has 0 radical (unpaired) electrons. The van der Waals surface area contributed by atoms with Gasteiger partial charge in [0.2, 0.25) is 11.6 Å². The Hall–Kier alpha value is -1.56. The summed E-state index contributed by atoms with van der Waals surface area (Å²) in [4.78, 5) is 26.5. The van der Waals surface area contributed by atoms with Crippen LogP contribution < -0.4 is 0 Å². The first-order valence-corrected chi connectivity index (χ1v) is 15.4. The minimum Gasteiger partial charge on any atom is -0.414 e. The van der Waals surface area contributed by atoms with E-state index in [2.05, 4.69) is 47.4 Å². The summed E-state index contributed by atoms with van der Waals surface area (Å²) < 4.78 is 12.9. The van der Waals surface area contributed by atoms with Crippen molar-refractivity contribution in [3.8, 4) is 0 Å². The highest BCUT2D eigenvalue weighted by atomic mass is 28.4. The van der Waals surface area contributed by atoms with E-state index in [1.807, 2.05) is 24.3 Å². The smallest absolute Gasteiger partial charge is 0.229 e. The Labute approximate surface area is 200 Å². The van der Waals surface area contributed by atoms with E-state index in [0.29, 0.717) is 24.7 Å².